The van der Waals surface area contributed by atoms with Crippen molar-refractivity contribution in [2.75, 3.05) is 27.3 Å². The molecule has 2 saturated heterocycles. The van der Waals surface area contributed by atoms with Crippen LogP contribution in [0.15, 0.2) is 0 Å². The molecule has 2 aliphatic heterocycles. The van der Waals surface area contributed by atoms with E-state index >= 15 is 0 Å². The number of halogens is 1. The normalized spacial score (nSPS) is 20.9. The smallest absolute Gasteiger partial charge is 0.408 e. The Morgan fingerprint density at radius 3 is 1.82 bits per heavy atom. The molecular formula is C21H37ClN4O8. The molecule has 2 heterocycles. The lowest BCUT2D eigenvalue weighted by atomic mass is 9.98. The van der Waals surface area contributed by atoms with E-state index in [9.17, 15) is 24.0 Å². The van der Waals surface area contributed by atoms with Crippen molar-refractivity contribution in [3.8, 4) is 0 Å². The maximum atomic E-state index is 11.7. The second-order valence-electron chi connectivity index (χ2n) is 8.88. The van der Waals surface area contributed by atoms with E-state index in [1.165, 1.54) is 14.2 Å². The van der Waals surface area contributed by atoms with E-state index in [0.717, 1.165) is 6.42 Å². The Labute approximate surface area is 205 Å². The van der Waals surface area contributed by atoms with Gasteiger partial charge < -0.3 is 35.9 Å². The van der Waals surface area contributed by atoms with Crippen LogP contribution in [0.4, 0.5) is 4.79 Å². The molecule has 0 saturated carbocycles. The number of methoxy groups -OCH3 is 2. The zero-order chi connectivity index (χ0) is 25.2. The minimum Gasteiger partial charge on any atom is -0.468 e. The van der Waals surface area contributed by atoms with Crippen molar-refractivity contribution < 1.29 is 38.2 Å². The number of carbonyl (C=O) groups is 5. The van der Waals surface area contributed by atoms with Crippen LogP contribution in [0.5, 0.6) is 0 Å². The van der Waals surface area contributed by atoms with Gasteiger partial charge in [0.2, 0.25) is 11.8 Å². The fourth-order valence-corrected chi connectivity index (χ4v) is 3.38. The van der Waals surface area contributed by atoms with Crippen molar-refractivity contribution in [1.82, 2.24) is 16.0 Å². The van der Waals surface area contributed by atoms with Crippen molar-refractivity contribution in [3.05, 3.63) is 0 Å². The zero-order valence-electron chi connectivity index (χ0n) is 20.3. The Morgan fingerprint density at radius 1 is 0.971 bits per heavy atom. The molecule has 13 heteroatoms. The molecule has 0 bridgehead atoms. The first-order valence-electron chi connectivity index (χ1n) is 10.8. The number of ether oxygens (including phenoxy) is 3. The number of amides is 3. The summed E-state index contributed by atoms with van der Waals surface area (Å²) in [5.74, 6) is -1.59. The summed E-state index contributed by atoms with van der Waals surface area (Å²) in [5, 5.41) is 7.83. The van der Waals surface area contributed by atoms with Gasteiger partial charge in [0.1, 0.15) is 17.7 Å². The van der Waals surface area contributed by atoms with Crippen LogP contribution in [0.2, 0.25) is 0 Å². The van der Waals surface area contributed by atoms with Crippen molar-refractivity contribution in [3.63, 3.8) is 0 Å². The number of hydrogen-bond donors (Lipinski definition) is 4. The first-order chi connectivity index (χ1) is 15.4. The van der Waals surface area contributed by atoms with Crippen molar-refractivity contribution >= 4 is 42.3 Å². The van der Waals surface area contributed by atoms with E-state index in [1.54, 1.807) is 20.8 Å². The van der Waals surface area contributed by atoms with Gasteiger partial charge in [-0.2, -0.15) is 0 Å². The van der Waals surface area contributed by atoms with Gasteiger partial charge in [-0.05, 0) is 46.5 Å². The summed E-state index contributed by atoms with van der Waals surface area (Å²) in [6.07, 6.45) is 1.27. The van der Waals surface area contributed by atoms with Crippen LogP contribution in [-0.4, -0.2) is 74.8 Å². The fraction of sp³-hybridized carbons (Fsp3) is 0.762. The number of nitrogens with two attached hydrogens (primary N) is 1. The average Bonchev–Trinajstić information content (AvgIpc) is 3.33. The van der Waals surface area contributed by atoms with Crippen molar-refractivity contribution in [1.29, 1.82) is 0 Å². The minimum atomic E-state index is -0.885. The van der Waals surface area contributed by atoms with Gasteiger partial charge in [0.25, 0.3) is 0 Å². The third kappa shape index (κ3) is 11.0. The van der Waals surface area contributed by atoms with Crippen LogP contribution in [0, 0.1) is 11.8 Å². The molecule has 196 valence electrons. The molecule has 0 aromatic rings. The summed E-state index contributed by atoms with van der Waals surface area (Å²) in [4.78, 5) is 56.9. The molecule has 4 atom stereocenters. The van der Waals surface area contributed by atoms with Gasteiger partial charge in [-0.15, -0.1) is 12.4 Å². The Kier molecular flexibility index (Phi) is 13.5. The molecule has 34 heavy (non-hydrogen) atoms. The molecule has 0 aromatic carbocycles. The van der Waals surface area contributed by atoms with Gasteiger partial charge in [0.15, 0.2) is 0 Å². The van der Waals surface area contributed by atoms with Gasteiger partial charge in [-0.25, -0.2) is 9.59 Å². The van der Waals surface area contributed by atoms with E-state index in [1.807, 2.05) is 0 Å². The lowest BCUT2D eigenvalue weighted by Gasteiger charge is -2.23. The van der Waals surface area contributed by atoms with E-state index in [4.69, 9.17) is 10.5 Å². The van der Waals surface area contributed by atoms with Crippen molar-refractivity contribution in [2.45, 2.75) is 64.1 Å². The van der Waals surface area contributed by atoms with Crippen LogP contribution in [0.1, 0.15) is 46.5 Å². The summed E-state index contributed by atoms with van der Waals surface area (Å²) in [7, 11) is 2.53. The van der Waals surface area contributed by atoms with E-state index in [-0.39, 0.29) is 42.5 Å². The second kappa shape index (κ2) is 14.6. The van der Waals surface area contributed by atoms with Crippen LogP contribution in [0.25, 0.3) is 0 Å². The molecule has 2 aliphatic rings. The van der Waals surface area contributed by atoms with Gasteiger partial charge in [-0.3, -0.25) is 14.4 Å². The van der Waals surface area contributed by atoms with Crippen LogP contribution in [-0.2, 0) is 33.4 Å². The molecular weight excluding hydrogens is 472 g/mol. The van der Waals surface area contributed by atoms with E-state index < -0.39 is 35.7 Å². The number of hydrogen-bond acceptors (Lipinski definition) is 9. The molecule has 0 radical (unpaired) electrons. The van der Waals surface area contributed by atoms with E-state index in [0.29, 0.717) is 25.9 Å². The monoisotopic (exact) mass is 508 g/mol. The SMILES string of the molecule is COC(=O)[C@@H](N)C[C@@H]1CCNC1=O.COC(=O)[C@H](C[C@@H]1CCNC1=O)NC(=O)OC(C)(C)C.Cl. The molecule has 3 amide bonds. The molecule has 0 aliphatic carbocycles. The Bertz CT molecular complexity index is 728. The van der Waals surface area contributed by atoms with Crippen molar-refractivity contribution in [2.24, 2.45) is 17.6 Å². The van der Waals surface area contributed by atoms with Gasteiger partial charge in [-0.1, -0.05) is 0 Å². The average molecular weight is 509 g/mol. The van der Waals surface area contributed by atoms with E-state index in [2.05, 4.69) is 25.4 Å². The maximum absolute atomic E-state index is 11.7. The number of carbonyl (C=O) groups excluding carboxylic acids is 5. The van der Waals surface area contributed by atoms with Crippen LogP contribution in [0.3, 0.4) is 0 Å². The Morgan fingerprint density at radius 2 is 1.44 bits per heavy atom. The highest BCUT2D eigenvalue weighted by Crippen LogP contribution is 2.18. The summed E-state index contributed by atoms with van der Waals surface area (Å²) in [5.41, 5.74) is 4.86. The minimum absolute atomic E-state index is 0. The largest absolute Gasteiger partial charge is 0.468 e. The molecule has 0 aromatic heterocycles. The molecule has 12 nitrogen and oxygen atoms in total. The quantitative estimate of drug-likeness (QED) is 0.272. The Balaban J connectivity index is 0.000000676. The van der Waals surface area contributed by atoms with Gasteiger partial charge in [0.05, 0.1) is 14.2 Å². The third-order valence-corrected chi connectivity index (χ3v) is 5.06. The second-order valence-corrected chi connectivity index (χ2v) is 8.88. The highest BCUT2D eigenvalue weighted by Gasteiger charge is 2.33. The molecule has 0 unspecified atom stereocenters. The summed E-state index contributed by atoms with van der Waals surface area (Å²) in [6, 6.07) is -1.57. The lowest BCUT2D eigenvalue weighted by molar-refractivity contribution is -0.144. The first kappa shape index (κ1) is 31.4. The molecule has 0 spiro atoms. The van der Waals surface area contributed by atoms with Crippen LogP contribution < -0.4 is 21.7 Å². The van der Waals surface area contributed by atoms with Gasteiger partial charge in [0, 0.05) is 24.9 Å². The highest BCUT2D eigenvalue weighted by atomic mass is 35.5. The third-order valence-electron chi connectivity index (χ3n) is 5.06. The summed E-state index contributed by atoms with van der Waals surface area (Å²) in [6.45, 7) is 6.44. The van der Waals surface area contributed by atoms with Gasteiger partial charge >= 0.3 is 18.0 Å². The molecule has 5 N–H and O–H groups in total. The fourth-order valence-electron chi connectivity index (χ4n) is 3.38. The predicted molar refractivity (Wildman–Crippen MR) is 124 cm³/mol. The number of nitrogens with one attached hydrogen (secondary N) is 3. The highest BCUT2D eigenvalue weighted by molar-refractivity contribution is 5.85. The summed E-state index contributed by atoms with van der Waals surface area (Å²) < 4.78 is 14.2. The first-order valence-corrected chi connectivity index (χ1v) is 10.8. The molecule has 2 rings (SSSR count). The molecule has 2 fully saturated rings. The number of rotatable bonds is 7. The predicted octanol–water partition coefficient (Wildman–Crippen LogP) is 0.0136. The topological polar surface area (TPSA) is 175 Å². The number of alkyl carbamates (subject to hydrolysis) is 1. The Hall–Kier alpha value is -2.60. The number of esters is 2. The lowest BCUT2D eigenvalue weighted by Crippen LogP contribution is -2.45. The maximum Gasteiger partial charge on any atom is 0.408 e. The zero-order valence-corrected chi connectivity index (χ0v) is 21.1. The van der Waals surface area contributed by atoms with Crippen LogP contribution >= 0.6 is 12.4 Å². The standard InChI is InChI=1S/C13H22N2O5.C8H14N2O3.ClH/c1-13(2,3)20-12(18)15-9(11(17)19-4)7-8-5-6-14-10(8)16;1-13-8(12)6(9)4-5-2-3-10-7(5)11;/h8-9H,5-7H2,1-4H3,(H,14,16)(H,15,18);5-6H,2-4,9H2,1H3,(H,10,11);1H/t8-,9-;5-,6-;/m00./s1. The summed E-state index contributed by atoms with van der Waals surface area (Å²) >= 11 is 0.